The molecule has 0 bridgehead atoms. The molecule has 4 heteroatoms. The van der Waals surface area contributed by atoms with E-state index in [1.54, 1.807) is 11.3 Å². The molecule has 0 radical (unpaired) electrons. The van der Waals surface area contributed by atoms with Crippen molar-refractivity contribution in [1.29, 1.82) is 0 Å². The van der Waals surface area contributed by atoms with Gasteiger partial charge in [0.1, 0.15) is 0 Å². The average molecular weight is 307 g/mol. The molecule has 1 fully saturated rings. The Labute approximate surface area is 128 Å². The van der Waals surface area contributed by atoms with E-state index in [0.29, 0.717) is 5.92 Å². The van der Waals surface area contributed by atoms with Crippen molar-refractivity contribution in [3.05, 3.63) is 56.2 Å². The molecule has 1 unspecified atom stereocenters. The van der Waals surface area contributed by atoms with Crippen LogP contribution in [0.1, 0.15) is 52.8 Å². The van der Waals surface area contributed by atoms with Crippen molar-refractivity contribution in [3.63, 3.8) is 0 Å². The standard InChI is InChI=1S/C16H19ClN2S/c1-10-9-20-16(14(10)17)15(19-18)13-8-3-2-7-12(13)11-5-4-6-11/h2-3,7-9,11,15,19H,4-6,18H2,1H3. The molecule has 0 aliphatic heterocycles. The van der Waals surface area contributed by atoms with Crippen molar-refractivity contribution >= 4 is 22.9 Å². The summed E-state index contributed by atoms with van der Waals surface area (Å²) in [6.07, 6.45) is 3.90. The number of rotatable bonds is 4. The van der Waals surface area contributed by atoms with E-state index in [0.717, 1.165) is 15.5 Å². The van der Waals surface area contributed by atoms with Crippen LogP contribution in [0.4, 0.5) is 0 Å². The first-order valence-electron chi connectivity index (χ1n) is 7.00. The number of hydrogen-bond acceptors (Lipinski definition) is 3. The Morgan fingerprint density at radius 3 is 2.65 bits per heavy atom. The zero-order chi connectivity index (χ0) is 14.1. The molecule has 3 N–H and O–H groups in total. The van der Waals surface area contributed by atoms with Gasteiger partial charge in [-0.15, -0.1) is 11.3 Å². The molecule has 1 aliphatic carbocycles. The van der Waals surface area contributed by atoms with E-state index in [4.69, 9.17) is 17.4 Å². The molecule has 106 valence electrons. The number of hydrazine groups is 1. The maximum Gasteiger partial charge on any atom is 0.0820 e. The highest BCUT2D eigenvalue weighted by Gasteiger charge is 2.27. The Hall–Kier alpha value is -0.870. The maximum absolute atomic E-state index is 6.43. The third-order valence-corrected chi connectivity index (χ3v) is 5.98. The van der Waals surface area contributed by atoms with Crippen molar-refractivity contribution < 1.29 is 0 Å². The smallest absolute Gasteiger partial charge is 0.0820 e. The van der Waals surface area contributed by atoms with Crippen LogP contribution in [0.3, 0.4) is 0 Å². The van der Waals surface area contributed by atoms with Crippen LogP contribution in [-0.2, 0) is 0 Å². The summed E-state index contributed by atoms with van der Waals surface area (Å²) in [5.74, 6) is 6.52. The molecule has 0 amide bonds. The van der Waals surface area contributed by atoms with E-state index in [-0.39, 0.29) is 6.04 Å². The van der Waals surface area contributed by atoms with Crippen LogP contribution in [0.5, 0.6) is 0 Å². The van der Waals surface area contributed by atoms with Crippen LogP contribution in [0.25, 0.3) is 0 Å². The quantitative estimate of drug-likeness (QED) is 0.643. The van der Waals surface area contributed by atoms with Gasteiger partial charge in [-0.1, -0.05) is 42.3 Å². The van der Waals surface area contributed by atoms with E-state index in [2.05, 4.69) is 35.1 Å². The summed E-state index contributed by atoms with van der Waals surface area (Å²) in [7, 11) is 0. The van der Waals surface area contributed by atoms with Gasteiger partial charge in [0.25, 0.3) is 0 Å². The normalized spacial score (nSPS) is 16.9. The lowest BCUT2D eigenvalue weighted by molar-refractivity contribution is 0.414. The van der Waals surface area contributed by atoms with Crippen molar-refractivity contribution in [2.45, 2.75) is 38.1 Å². The summed E-state index contributed by atoms with van der Waals surface area (Å²) in [6.45, 7) is 2.04. The van der Waals surface area contributed by atoms with E-state index in [1.165, 1.54) is 30.4 Å². The van der Waals surface area contributed by atoms with Gasteiger partial charge in [-0.25, -0.2) is 5.43 Å². The SMILES string of the molecule is Cc1csc(C(NN)c2ccccc2C2CCC2)c1Cl. The highest BCUT2D eigenvalue weighted by molar-refractivity contribution is 7.10. The number of nitrogens with two attached hydrogens (primary N) is 1. The van der Waals surface area contributed by atoms with Gasteiger partial charge in [-0.3, -0.25) is 5.84 Å². The van der Waals surface area contributed by atoms with Crippen LogP contribution in [-0.4, -0.2) is 0 Å². The molecule has 1 aromatic carbocycles. The van der Waals surface area contributed by atoms with Crippen LogP contribution in [0.2, 0.25) is 5.02 Å². The monoisotopic (exact) mass is 306 g/mol. The summed E-state index contributed by atoms with van der Waals surface area (Å²) < 4.78 is 0. The second-order valence-corrected chi connectivity index (χ2v) is 6.74. The van der Waals surface area contributed by atoms with E-state index in [1.807, 2.05) is 6.92 Å². The molecule has 2 nitrogen and oxygen atoms in total. The Balaban J connectivity index is 2.03. The minimum Gasteiger partial charge on any atom is -0.271 e. The zero-order valence-electron chi connectivity index (χ0n) is 11.5. The minimum absolute atomic E-state index is 0.0157. The lowest BCUT2D eigenvalue weighted by Crippen LogP contribution is -2.30. The minimum atomic E-state index is -0.0157. The van der Waals surface area contributed by atoms with Gasteiger partial charge >= 0.3 is 0 Å². The number of aryl methyl sites for hydroxylation is 1. The van der Waals surface area contributed by atoms with E-state index in [9.17, 15) is 0 Å². The fraction of sp³-hybridized carbons (Fsp3) is 0.375. The van der Waals surface area contributed by atoms with Gasteiger partial charge in [0.05, 0.1) is 11.1 Å². The van der Waals surface area contributed by atoms with Crippen LogP contribution >= 0.6 is 22.9 Å². The van der Waals surface area contributed by atoms with Crippen molar-refractivity contribution in [2.75, 3.05) is 0 Å². The molecular formula is C16H19ClN2S. The molecular weight excluding hydrogens is 288 g/mol. The summed E-state index contributed by atoms with van der Waals surface area (Å²) in [5.41, 5.74) is 6.76. The Morgan fingerprint density at radius 1 is 1.35 bits per heavy atom. The van der Waals surface area contributed by atoms with Gasteiger partial charge in [0.2, 0.25) is 0 Å². The number of benzene rings is 1. The molecule has 1 atom stereocenters. The first kappa shape index (κ1) is 14.1. The number of halogens is 1. The molecule has 1 heterocycles. The lowest BCUT2D eigenvalue weighted by Gasteiger charge is -2.30. The topological polar surface area (TPSA) is 38.0 Å². The fourth-order valence-electron chi connectivity index (χ4n) is 2.82. The predicted octanol–water partition coefficient (Wildman–Crippen LogP) is 4.53. The molecule has 1 saturated carbocycles. The number of hydrogen-bond donors (Lipinski definition) is 2. The Kier molecular flexibility index (Phi) is 4.13. The Bertz CT molecular complexity index is 604. The average Bonchev–Trinajstić information content (AvgIpc) is 2.72. The highest BCUT2D eigenvalue weighted by Crippen LogP contribution is 2.42. The highest BCUT2D eigenvalue weighted by atomic mass is 35.5. The molecule has 1 aromatic heterocycles. The second kappa shape index (κ2) is 5.86. The second-order valence-electron chi connectivity index (χ2n) is 5.45. The third-order valence-electron chi connectivity index (χ3n) is 4.21. The van der Waals surface area contributed by atoms with E-state index >= 15 is 0 Å². The molecule has 2 aromatic rings. The van der Waals surface area contributed by atoms with Gasteiger partial charge < -0.3 is 0 Å². The molecule has 3 rings (SSSR count). The van der Waals surface area contributed by atoms with Crippen LogP contribution in [0, 0.1) is 6.92 Å². The molecule has 20 heavy (non-hydrogen) atoms. The van der Waals surface area contributed by atoms with Crippen LogP contribution in [0.15, 0.2) is 29.6 Å². The van der Waals surface area contributed by atoms with Crippen molar-refractivity contribution in [1.82, 2.24) is 5.43 Å². The van der Waals surface area contributed by atoms with Gasteiger partial charge in [0.15, 0.2) is 0 Å². The number of nitrogens with one attached hydrogen (secondary N) is 1. The third kappa shape index (κ3) is 2.40. The zero-order valence-corrected chi connectivity index (χ0v) is 13.1. The predicted molar refractivity (Wildman–Crippen MR) is 86.3 cm³/mol. The van der Waals surface area contributed by atoms with Gasteiger partial charge in [0, 0.05) is 4.88 Å². The van der Waals surface area contributed by atoms with Crippen molar-refractivity contribution in [3.8, 4) is 0 Å². The molecule has 0 spiro atoms. The largest absolute Gasteiger partial charge is 0.271 e. The first-order valence-corrected chi connectivity index (χ1v) is 8.26. The summed E-state index contributed by atoms with van der Waals surface area (Å²) >= 11 is 8.10. The maximum atomic E-state index is 6.43. The fourth-order valence-corrected chi connectivity index (χ4v) is 4.20. The lowest BCUT2D eigenvalue weighted by atomic mass is 9.77. The van der Waals surface area contributed by atoms with Crippen LogP contribution < -0.4 is 11.3 Å². The van der Waals surface area contributed by atoms with E-state index < -0.39 is 0 Å². The summed E-state index contributed by atoms with van der Waals surface area (Å²) in [6, 6.07) is 8.59. The van der Waals surface area contributed by atoms with Gasteiger partial charge in [-0.2, -0.15) is 0 Å². The molecule has 0 saturated heterocycles. The van der Waals surface area contributed by atoms with Gasteiger partial charge in [-0.05, 0) is 47.8 Å². The Morgan fingerprint density at radius 2 is 2.10 bits per heavy atom. The summed E-state index contributed by atoms with van der Waals surface area (Å²) in [4.78, 5) is 1.11. The summed E-state index contributed by atoms with van der Waals surface area (Å²) in [5, 5.41) is 2.93. The number of thiophene rings is 1. The van der Waals surface area contributed by atoms with Crippen molar-refractivity contribution in [2.24, 2.45) is 5.84 Å². The first-order chi connectivity index (χ1) is 9.72. The molecule has 1 aliphatic rings.